The van der Waals surface area contributed by atoms with Crippen molar-refractivity contribution in [1.82, 2.24) is 4.98 Å². The fourth-order valence-electron chi connectivity index (χ4n) is 1.30. The fraction of sp³-hybridized carbons (Fsp3) is 0.250. The van der Waals surface area contributed by atoms with Crippen LogP contribution in [0.1, 0.15) is 12.5 Å². The Morgan fingerprint density at radius 2 is 2.00 bits per heavy atom. The lowest BCUT2D eigenvalue weighted by Crippen LogP contribution is -1.87. The highest BCUT2D eigenvalue weighted by atomic mass is 16.6. The Morgan fingerprint density at radius 1 is 1.27 bits per heavy atom. The summed E-state index contributed by atoms with van der Waals surface area (Å²) in [5.74, 6) is 1.06. The van der Waals surface area contributed by atoms with Gasteiger partial charge in [0, 0.05) is 5.56 Å². The third kappa shape index (κ3) is 2.18. The molecule has 78 valence electrons. The summed E-state index contributed by atoms with van der Waals surface area (Å²) in [5, 5.41) is 0. The Hall–Kier alpha value is -1.77. The number of hydrogen-bond acceptors (Lipinski definition) is 3. The molecule has 0 unspecified atom stereocenters. The van der Waals surface area contributed by atoms with Crippen LogP contribution in [0.5, 0.6) is 5.95 Å². The molecule has 0 saturated carbocycles. The van der Waals surface area contributed by atoms with Crippen molar-refractivity contribution in [3.63, 3.8) is 0 Å². The van der Waals surface area contributed by atoms with Gasteiger partial charge < -0.3 is 9.15 Å². The van der Waals surface area contributed by atoms with Crippen molar-refractivity contribution in [1.29, 1.82) is 0 Å². The number of aromatic nitrogens is 1. The zero-order valence-corrected chi connectivity index (χ0v) is 8.86. The van der Waals surface area contributed by atoms with Crippen LogP contribution in [-0.4, -0.2) is 11.6 Å². The summed E-state index contributed by atoms with van der Waals surface area (Å²) in [4.78, 5) is 4.14. The van der Waals surface area contributed by atoms with Gasteiger partial charge in [0.15, 0.2) is 0 Å². The second-order valence-electron chi connectivity index (χ2n) is 3.28. The van der Waals surface area contributed by atoms with E-state index < -0.39 is 0 Å². The molecule has 0 spiro atoms. The predicted octanol–water partition coefficient (Wildman–Crippen LogP) is 3.05. The number of rotatable bonds is 3. The summed E-state index contributed by atoms with van der Waals surface area (Å²) >= 11 is 0. The summed E-state index contributed by atoms with van der Waals surface area (Å²) in [6.07, 6.45) is 1.60. The van der Waals surface area contributed by atoms with Crippen LogP contribution in [0.2, 0.25) is 0 Å². The van der Waals surface area contributed by atoms with E-state index in [0.29, 0.717) is 18.4 Å². The minimum atomic E-state index is 0.466. The predicted molar refractivity (Wildman–Crippen MR) is 57.8 cm³/mol. The number of benzene rings is 1. The smallest absolute Gasteiger partial charge is 0.305 e. The maximum atomic E-state index is 5.42. The van der Waals surface area contributed by atoms with Crippen molar-refractivity contribution >= 4 is 0 Å². The normalized spacial score (nSPS) is 10.3. The van der Waals surface area contributed by atoms with Gasteiger partial charge in [0.05, 0.1) is 6.61 Å². The standard InChI is InChI=1S/C12H13NO2/c1-3-14-11-8-13-12(15-11)10-6-4-9(2)5-7-10/h4-8H,3H2,1-2H3. The third-order valence-corrected chi connectivity index (χ3v) is 2.07. The lowest BCUT2D eigenvalue weighted by molar-refractivity contribution is 0.260. The molecule has 0 bridgehead atoms. The summed E-state index contributed by atoms with van der Waals surface area (Å²) in [5.41, 5.74) is 2.18. The zero-order valence-electron chi connectivity index (χ0n) is 8.86. The SMILES string of the molecule is CCOc1cnc(-c2ccc(C)cc2)o1. The van der Waals surface area contributed by atoms with E-state index in [-0.39, 0.29) is 0 Å². The van der Waals surface area contributed by atoms with Crippen molar-refractivity contribution in [2.24, 2.45) is 0 Å². The molecule has 15 heavy (non-hydrogen) atoms. The molecule has 1 aromatic carbocycles. The van der Waals surface area contributed by atoms with Gasteiger partial charge in [0.2, 0.25) is 5.89 Å². The van der Waals surface area contributed by atoms with Crippen molar-refractivity contribution in [2.45, 2.75) is 13.8 Å². The average Bonchev–Trinajstić information content (AvgIpc) is 2.68. The first-order chi connectivity index (χ1) is 7.29. The molecule has 0 aliphatic rings. The summed E-state index contributed by atoms with van der Waals surface area (Å²) in [6, 6.07) is 8.02. The molecule has 0 N–H and O–H groups in total. The quantitative estimate of drug-likeness (QED) is 0.769. The first-order valence-electron chi connectivity index (χ1n) is 4.95. The maximum Gasteiger partial charge on any atom is 0.305 e. The monoisotopic (exact) mass is 203 g/mol. The summed E-state index contributed by atoms with van der Waals surface area (Å²) in [7, 11) is 0. The minimum Gasteiger partial charge on any atom is -0.464 e. The Kier molecular flexibility index (Phi) is 2.72. The molecule has 0 saturated heterocycles. The lowest BCUT2D eigenvalue weighted by Gasteiger charge is -1.97. The largest absolute Gasteiger partial charge is 0.464 e. The Labute approximate surface area is 88.7 Å². The van der Waals surface area contributed by atoms with Crippen LogP contribution in [-0.2, 0) is 0 Å². The van der Waals surface area contributed by atoms with Gasteiger partial charge in [0.1, 0.15) is 6.20 Å². The molecule has 0 radical (unpaired) electrons. The first kappa shape index (κ1) is 9.77. The molecule has 0 aliphatic heterocycles. The highest BCUT2D eigenvalue weighted by molar-refractivity contribution is 5.53. The molecule has 3 heteroatoms. The Bertz CT molecular complexity index is 431. The van der Waals surface area contributed by atoms with E-state index in [1.807, 2.05) is 38.1 Å². The molecule has 2 rings (SSSR count). The average molecular weight is 203 g/mol. The van der Waals surface area contributed by atoms with Crippen LogP contribution in [0.3, 0.4) is 0 Å². The van der Waals surface area contributed by atoms with Gasteiger partial charge in [-0.25, -0.2) is 4.98 Å². The lowest BCUT2D eigenvalue weighted by atomic mass is 10.1. The number of hydrogen-bond donors (Lipinski definition) is 0. The number of oxazole rings is 1. The van der Waals surface area contributed by atoms with Crippen LogP contribution in [0.15, 0.2) is 34.9 Å². The van der Waals surface area contributed by atoms with Crippen molar-refractivity contribution in [3.05, 3.63) is 36.0 Å². The topological polar surface area (TPSA) is 35.3 Å². The van der Waals surface area contributed by atoms with Crippen LogP contribution in [0, 0.1) is 6.92 Å². The zero-order chi connectivity index (χ0) is 10.7. The van der Waals surface area contributed by atoms with Crippen LogP contribution in [0.25, 0.3) is 11.5 Å². The van der Waals surface area contributed by atoms with E-state index in [2.05, 4.69) is 4.98 Å². The van der Waals surface area contributed by atoms with E-state index >= 15 is 0 Å². The molecule has 1 heterocycles. The Balaban J connectivity index is 2.25. The van der Waals surface area contributed by atoms with Crippen LogP contribution < -0.4 is 4.74 Å². The van der Waals surface area contributed by atoms with Gasteiger partial charge in [-0.3, -0.25) is 0 Å². The molecule has 0 aliphatic carbocycles. The van der Waals surface area contributed by atoms with E-state index in [4.69, 9.17) is 9.15 Å². The molecule has 3 nitrogen and oxygen atoms in total. The molecular weight excluding hydrogens is 190 g/mol. The van der Waals surface area contributed by atoms with Gasteiger partial charge in [0.25, 0.3) is 0 Å². The van der Waals surface area contributed by atoms with E-state index in [1.165, 1.54) is 5.56 Å². The first-order valence-corrected chi connectivity index (χ1v) is 4.95. The molecule has 0 amide bonds. The van der Waals surface area contributed by atoms with Gasteiger partial charge >= 0.3 is 5.95 Å². The highest BCUT2D eigenvalue weighted by Gasteiger charge is 2.06. The van der Waals surface area contributed by atoms with E-state index in [0.717, 1.165) is 5.56 Å². The van der Waals surface area contributed by atoms with Gasteiger partial charge in [-0.05, 0) is 26.0 Å². The van der Waals surface area contributed by atoms with Crippen LogP contribution >= 0.6 is 0 Å². The van der Waals surface area contributed by atoms with Gasteiger partial charge in [-0.15, -0.1) is 0 Å². The summed E-state index contributed by atoms with van der Waals surface area (Å²) in [6.45, 7) is 4.54. The van der Waals surface area contributed by atoms with E-state index in [1.54, 1.807) is 6.20 Å². The molecular formula is C12H13NO2. The van der Waals surface area contributed by atoms with Crippen molar-refractivity contribution < 1.29 is 9.15 Å². The number of ether oxygens (including phenoxy) is 1. The van der Waals surface area contributed by atoms with Crippen molar-refractivity contribution in [3.8, 4) is 17.4 Å². The highest BCUT2D eigenvalue weighted by Crippen LogP contribution is 2.23. The van der Waals surface area contributed by atoms with Crippen LogP contribution in [0.4, 0.5) is 0 Å². The minimum absolute atomic E-state index is 0.466. The third-order valence-electron chi connectivity index (χ3n) is 2.07. The molecule has 0 atom stereocenters. The Morgan fingerprint density at radius 3 is 2.67 bits per heavy atom. The second kappa shape index (κ2) is 4.17. The fourth-order valence-corrected chi connectivity index (χ4v) is 1.30. The van der Waals surface area contributed by atoms with Crippen molar-refractivity contribution in [2.75, 3.05) is 6.61 Å². The van der Waals surface area contributed by atoms with Gasteiger partial charge in [-0.1, -0.05) is 17.7 Å². The van der Waals surface area contributed by atoms with Gasteiger partial charge in [-0.2, -0.15) is 0 Å². The molecule has 0 fully saturated rings. The molecule has 1 aromatic heterocycles. The number of nitrogens with zero attached hydrogens (tertiary/aromatic N) is 1. The number of aryl methyl sites for hydroxylation is 1. The maximum absolute atomic E-state index is 5.42. The molecule has 2 aromatic rings. The van der Waals surface area contributed by atoms with E-state index in [9.17, 15) is 0 Å². The second-order valence-corrected chi connectivity index (χ2v) is 3.28. The summed E-state index contributed by atoms with van der Waals surface area (Å²) < 4.78 is 10.6.